The van der Waals surface area contributed by atoms with E-state index in [9.17, 15) is 9.90 Å². The molecular formula is C13H14N2O2S. The van der Waals surface area contributed by atoms with Gasteiger partial charge in [0.1, 0.15) is 0 Å². The minimum atomic E-state index is -0.121. The number of nitrogens with zero attached hydrogens (tertiary/aromatic N) is 2. The number of hydrogen-bond donors (Lipinski definition) is 1. The molecule has 0 fully saturated rings. The van der Waals surface area contributed by atoms with Crippen molar-refractivity contribution < 1.29 is 5.11 Å². The Morgan fingerprint density at radius 3 is 2.78 bits per heavy atom. The van der Waals surface area contributed by atoms with E-state index < -0.39 is 0 Å². The quantitative estimate of drug-likeness (QED) is 0.902. The molecule has 0 spiro atoms. The van der Waals surface area contributed by atoms with E-state index in [4.69, 9.17) is 0 Å². The zero-order valence-electron chi connectivity index (χ0n) is 10.0. The van der Waals surface area contributed by atoms with E-state index in [1.165, 1.54) is 4.57 Å². The average Bonchev–Trinajstić information content (AvgIpc) is 2.87. The maximum atomic E-state index is 12.2. The predicted octanol–water partition coefficient (Wildman–Crippen LogP) is 2.17. The first kappa shape index (κ1) is 11.5. The normalized spacial score (nSPS) is 17.9. The molecule has 1 aliphatic rings. The van der Waals surface area contributed by atoms with Crippen molar-refractivity contribution in [1.82, 2.24) is 9.13 Å². The van der Waals surface area contributed by atoms with Crippen LogP contribution in [0.2, 0.25) is 0 Å². The highest BCUT2D eigenvalue weighted by molar-refractivity contribution is 7.98. The van der Waals surface area contributed by atoms with Gasteiger partial charge in [-0.3, -0.25) is 9.13 Å². The second-order valence-corrected chi connectivity index (χ2v) is 5.71. The molecule has 18 heavy (non-hydrogen) atoms. The zero-order chi connectivity index (χ0) is 12.7. The highest BCUT2D eigenvalue weighted by Crippen LogP contribution is 2.37. The second kappa shape index (κ2) is 4.24. The number of thioether (sulfide) groups is 1. The molecule has 94 valence electrons. The van der Waals surface area contributed by atoms with Gasteiger partial charge in [-0.05, 0) is 12.5 Å². The highest BCUT2D eigenvalue weighted by Gasteiger charge is 2.28. The number of imidazole rings is 1. The summed E-state index contributed by atoms with van der Waals surface area (Å²) < 4.78 is 3.13. The number of aromatic nitrogens is 2. The summed E-state index contributed by atoms with van der Waals surface area (Å²) in [5.41, 5.74) is 1.64. The maximum Gasteiger partial charge on any atom is 0.332 e. The summed E-state index contributed by atoms with van der Waals surface area (Å²) in [6, 6.07) is 9.70. The molecule has 1 atom stereocenters. The van der Waals surface area contributed by atoms with Gasteiger partial charge in [-0.25, -0.2) is 4.79 Å². The summed E-state index contributed by atoms with van der Waals surface area (Å²) in [5.74, 6) is 0.810. The van der Waals surface area contributed by atoms with Gasteiger partial charge in [0.25, 0.3) is 0 Å². The Bertz CT molecular complexity index is 630. The van der Waals surface area contributed by atoms with E-state index in [1.807, 2.05) is 37.3 Å². The number of fused-ring (bicyclic) bond motifs is 1. The molecule has 0 amide bonds. The standard InChI is InChI=1S/C13H14N2O2S/c1-9-15-11(8-18-9)12(16)14(13(15)17)7-10-5-3-2-4-6-10/h2-6,9,16H,7-8H2,1H3. The van der Waals surface area contributed by atoms with Gasteiger partial charge in [0.15, 0.2) is 0 Å². The number of rotatable bonds is 2. The monoisotopic (exact) mass is 262 g/mol. The molecule has 2 aromatic rings. The lowest BCUT2D eigenvalue weighted by molar-refractivity contribution is 0.418. The highest BCUT2D eigenvalue weighted by atomic mass is 32.2. The Kier molecular flexibility index (Phi) is 2.70. The number of benzene rings is 1. The van der Waals surface area contributed by atoms with Crippen LogP contribution in [0.15, 0.2) is 35.1 Å². The lowest BCUT2D eigenvalue weighted by Gasteiger charge is -2.05. The predicted molar refractivity (Wildman–Crippen MR) is 71.9 cm³/mol. The number of hydrogen-bond acceptors (Lipinski definition) is 3. The van der Waals surface area contributed by atoms with Gasteiger partial charge < -0.3 is 5.11 Å². The molecule has 1 aliphatic heterocycles. The van der Waals surface area contributed by atoms with Crippen molar-refractivity contribution in [3.8, 4) is 5.88 Å². The largest absolute Gasteiger partial charge is 0.493 e. The van der Waals surface area contributed by atoms with Gasteiger partial charge >= 0.3 is 5.69 Å². The molecule has 0 bridgehead atoms. The minimum absolute atomic E-state index is 0.107. The van der Waals surface area contributed by atoms with Crippen molar-refractivity contribution in [1.29, 1.82) is 0 Å². The molecule has 0 aliphatic carbocycles. The van der Waals surface area contributed by atoms with Crippen LogP contribution in [-0.4, -0.2) is 14.2 Å². The summed E-state index contributed by atoms with van der Waals surface area (Å²) in [7, 11) is 0. The van der Waals surface area contributed by atoms with Crippen molar-refractivity contribution >= 4 is 11.8 Å². The first-order valence-corrected chi connectivity index (χ1v) is 6.91. The molecule has 1 aromatic heterocycles. The molecule has 1 aromatic carbocycles. The van der Waals surface area contributed by atoms with Crippen LogP contribution in [0.1, 0.15) is 23.6 Å². The van der Waals surface area contributed by atoms with Crippen molar-refractivity contribution in [2.24, 2.45) is 0 Å². The molecule has 1 unspecified atom stereocenters. The Morgan fingerprint density at radius 2 is 2.11 bits per heavy atom. The van der Waals surface area contributed by atoms with Crippen LogP contribution in [0, 0.1) is 0 Å². The van der Waals surface area contributed by atoms with Crippen molar-refractivity contribution in [3.63, 3.8) is 0 Å². The summed E-state index contributed by atoms with van der Waals surface area (Å²) in [6.07, 6.45) is 0. The van der Waals surface area contributed by atoms with Crippen LogP contribution >= 0.6 is 11.8 Å². The van der Waals surface area contributed by atoms with E-state index in [0.29, 0.717) is 12.3 Å². The first-order valence-electron chi connectivity index (χ1n) is 5.87. The van der Waals surface area contributed by atoms with Crippen molar-refractivity contribution in [2.45, 2.75) is 24.6 Å². The summed E-state index contributed by atoms with van der Waals surface area (Å²) in [6.45, 7) is 2.40. The average molecular weight is 262 g/mol. The minimum Gasteiger partial charge on any atom is -0.493 e. The topological polar surface area (TPSA) is 47.2 Å². The smallest absolute Gasteiger partial charge is 0.332 e. The third-order valence-electron chi connectivity index (χ3n) is 3.25. The fourth-order valence-electron chi connectivity index (χ4n) is 2.29. The molecule has 1 N–H and O–H groups in total. The summed E-state index contributed by atoms with van der Waals surface area (Å²) >= 11 is 1.67. The van der Waals surface area contributed by atoms with Gasteiger partial charge in [-0.1, -0.05) is 30.3 Å². The molecule has 5 heteroatoms. The van der Waals surface area contributed by atoms with Crippen LogP contribution in [0.4, 0.5) is 0 Å². The Hall–Kier alpha value is -1.62. The Morgan fingerprint density at radius 1 is 1.39 bits per heavy atom. The van der Waals surface area contributed by atoms with E-state index >= 15 is 0 Å². The summed E-state index contributed by atoms with van der Waals surface area (Å²) in [4.78, 5) is 12.2. The van der Waals surface area contributed by atoms with Gasteiger partial charge in [-0.2, -0.15) is 0 Å². The van der Waals surface area contributed by atoms with Crippen LogP contribution in [0.25, 0.3) is 0 Å². The van der Waals surface area contributed by atoms with Crippen LogP contribution < -0.4 is 5.69 Å². The molecule has 0 saturated heterocycles. The van der Waals surface area contributed by atoms with Gasteiger partial charge in [0, 0.05) is 5.75 Å². The Balaban J connectivity index is 2.05. The maximum absolute atomic E-state index is 12.2. The van der Waals surface area contributed by atoms with E-state index in [-0.39, 0.29) is 16.9 Å². The SMILES string of the molecule is CC1SCc2c(O)n(Cc3ccccc3)c(=O)n21. The van der Waals surface area contributed by atoms with Gasteiger partial charge in [0.2, 0.25) is 5.88 Å². The lowest BCUT2D eigenvalue weighted by atomic mass is 10.2. The molecule has 0 saturated carbocycles. The van der Waals surface area contributed by atoms with E-state index in [0.717, 1.165) is 11.3 Å². The van der Waals surface area contributed by atoms with Crippen LogP contribution in [0.3, 0.4) is 0 Å². The van der Waals surface area contributed by atoms with Crippen molar-refractivity contribution in [2.75, 3.05) is 0 Å². The molecule has 3 rings (SSSR count). The van der Waals surface area contributed by atoms with Crippen LogP contribution in [0.5, 0.6) is 5.88 Å². The lowest BCUT2D eigenvalue weighted by Crippen LogP contribution is -2.25. The molecular weight excluding hydrogens is 248 g/mol. The van der Waals surface area contributed by atoms with Crippen molar-refractivity contribution in [3.05, 3.63) is 52.1 Å². The molecule has 0 radical (unpaired) electrons. The fourth-order valence-corrected chi connectivity index (χ4v) is 3.33. The molecule has 2 heterocycles. The molecule has 4 nitrogen and oxygen atoms in total. The van der Waals surface area contributed by atoms with E-state index in [2.05, 4.69) is 0 Å². The third kappa shape index (κ3) is 1.66. The second-order valence-electron chi connectivity index (χ2n) is 4.40. The fraction of sp³-hybridized carbons (Fsp3) is 0.308. The zero-order valence-corrected chi connectivity index (χ0v) is 10.9. The Labute approximate surface area is 109 Å². The number of aromatic hydroxyl groups is 1. The summed E-state index contributed by atoms with van der Waals surface area (Å²) in [5, 5.41) is 10.2. The van der Waals surface area contributed by atoms with Gasteiger partial charge in [0.05, 0.1) is 17.6 Å². The van der Waals surface area contributed by atoms with Crippen LogP contribution in [-0.2, 0) is 12.3 Å². The van der Waals surface area contributed by atoms with E-state index in [1.54, 1.807) is 16.3 Å². The van der Waals surface area contributed by atoms with Gasteiger partial charge in [-0.15, -0.1) is 11.8 Å². The first-order chi connectivity index (χ1) is 8.68. The third-order valence-corrected chi connectivity index (χ3v) is 4.38.